The second-order valence-corrected chi connectivity index (χ2v) is 6.37. The molecule has 0 aliphatic rings. The first-order valence-electron chi connectivity index (χ1n) is 8.60. The highest BCUT2D eigenvalue weighted by atomic mass is 16.5. The maximum absolute atomic E-state index is 12.8. The van der Waals surface area contributed by atoms with E-state index in [2.05, 4.69) is 0 Å². The molecule has 1 N–H and O–H groups in total. The number of carbonyl (C=O) groups excluding carboxylic acids is 1. The van der Waals surface area contributed by atoms with Crippen LogP contribution in [0.1, 0.15) is 45.7 Å². The van der Waals surface area contributed by atoms with Gasteiger partial charge < -0.3 is 14.6 Å². The van der Waals surface area contributed by atoms with Crippen LogP contribution < -0.4 is 9.47 Å². The molecule has 0 unspecified atom stereocenters. The first kappa shape index (κ1) is 20.2. The summed E-state index contributed by atoms with van der Waals surface area (Å²) < 4.78 is 10.7. The molecule has 0 saturated carbocycles. The maximum Gasteiger partial charge on any atom is 0.339 e. The molecule has 0 atom stereocenters. The Labute approximate surface area is 159 Å². The molecular formula is C22H24O5. The number of methoxy groups -OCH3 is 2. The average Bonchev–Trinajstić information content (AvgIpc) is 2.66. The van der Waals surface area contributed by atoms with Gasteiger partial charge in [0.05, 0.1) is 14.2 Å². The quantitative estimate of drug-likeness (QED) is 0.554. The molecule has 2 aromatic rings. The van der Waals surface area contributed by atoms with E-state index in [1.807, 2.05) is 26.0 Å². The van der Waals surface area contributed by atoms with Gasteiger partial charge in [-0.05, 0) is 25.8 Å². The molecule has 0 spiro atoms. The van der Waals surface area contributed by atoms with Crippen LogP contribution in [0.5, 0.6) is 11.5 Å². The number of Topliss-reactive ketones (excluding diaryl/α,β-unsaturated/α-hetero) is 1. The van der Waals surface area contributed by atoms with E-state index in [0.29, 0.717) is 28.9 Å². The van der Waals surface area contributed by atoms with Gasteiger partial charge in [0.1, 0.15) is 17.1 Å². The fourth-order valence-electron chi connectivity index (χ4n) is 2.92. The summed E-state index contributed by atoms with van der Waals surface area (Å²) in [5, 5.41) is 9.78. The third-order valence-electron chi connectivity index (χ3n) is 4.27. The zero-order chi connectivity index (χ0) is 20.0. The number of carboxylic acids is 1. The molecule has 0 amide bonds. The van der Waals surface area contributed by atoms with Crippen molar-refractivity contribution >= 4 is 11.8 Å². The van der Waals surface area contributed by atoms with E-state index in [4.69, 9.17) is 9.47 Å². The van der Waals surface area contributed by atoms with Gasteiger partial charge in [0.15, 0.2) is 5.78 Å². The van der Waals surface area contributed by atoms with Gasteiger partial charge in [-0.3, -0.25) is 4.79 Å². The van der Waals surface area contributed by atoms with Crippen LogP contribution in [0.4, 0.5) is 0 Å². The molecule has 0 aliphatic heterocycles. The minimum Gasteiger partial charge on any atom is -0.496 e. The summed E-state index contributed by atoms with van der Waals surface area (Å²) in [6, 6.07) is 10.4. The third kappa shape index (κ3) is 4.76. The summed E-state index contributed by atoms with van der Waals surface area (Å²) in [5.41, 5.74) is 2.72. The zero-order valence-electron chi connectivity index (χ0n) is 16.0. The van der Waals surface area contributed by atoms with E-state index in [1.54, 1.807) is 30.3 Å². The van der Waals surface area contributed by atoms with E-state index in [-0.39, 0.29) is 23.5 Å². The minimum atomic E-state index is -1.14. The Morgan fingerprint density at radius 1 is 1.00 bits per heavy atom. The van der Waals surface area contributed by atoms with Crippen LogP contribution in [0.3, 0.4) is 0 Å². The molecule has 0 saturated heterocycles. The lowest BCUT2D eigenvalue weighted by Crippen LogP contribution is -2.14. The van der Waals surface area contributed by atoms with Gasteiger partial charge in [-0.1, -0.05) is 42.0 Å². The molecule has 0 aromatic heterocycles. The van der Waals surface area contributed by atoms with Crippen LogP contribution in [0, 0.1) is 0 Å². The molecular weight excluding hydrogens is 344 g/mol. The Hall–Kier alpha value is -3.08. The lowest BCUT2D eigenvalue weighted by molar-refractivity contribution is 0.0692. The first-order valence-corrected chi connectivity index (χ1v) is 8.60. The lowest BCUT2D eigenvalue weighted by atomic mass is 9.90. The number of carboxylic acid groups (broad SMARTS) is 1. The normalized spacial score (nSPS) is 10.2. The molecule has 0 aliphatic carbocycles. The molecule has 0 fully saturated rings. The predicted octanol–water partition coefficient (Wildman–Crippen LogP) is 4.34. The second kappa shape index (κ2) is 9.03. The summed E-state index contributed by atoms with van der Waals surface area (Å²) >= 11 is 0. The van der Waals surface area contributed by atoms with Crippen molar-refractivity contribution in [3.8, 4) is 11.5 Å². The Balaban J connectivity index is 2.66. The molecule has 142 valence electrons. The van der Waals surface area contributed by atoms with E-state index in [9.17, 15) is 14.7 Å². The summed E-state index contributed by atoms with van der Waals surface area (Å²) in [6.07, 6.45) is 2.39. The van der Waals surface area contributed by atoms with E-state index >= 15 is 0 Å². The highest BCUT2D eigenvalue weighted by Crippen LogP contribution is 2.35. The van der Waals surface area contributed by atoms with E-state index < -0.39 is 5.97 Å². The molecule has 0 radical (unpaired) electrons. The highest BCUT2D eigenvalue weighted by molar-refractivity contribution is 6.01. The van der Waals surface area contributed by atoms with Crippen LogP contribution in [0.2, 0.25) is 0 Å². The maximum atomic E-state index is 12.8. The average molecular weight is 368 g/mol. The van der Waals surface area contributed by atoms with Crippen molar-refractivity contribution in [2.45, 2.75) is 26.7 Å². The number of ether oxygens (including phenoxy) is 2. The number of hydrogen-bond acceptors (Lipinski definition) is 4. The fourth-order valence-corrected chi connectivity index (χ4v) is 2.92. The number of hydrogen-bond donors (Lipinski definition) is 1. The van der Waals surface area contributed by atoms with Gasteiger partial charge in [0.2, 0.25) is 0 Å². The van der Waals surface area contributed by atoms with Gasteiger partial charge in [0, 0.05) is 23.6 Å². The van der Waals surface area contributed by atoms with Gasteiger partial charge in [0.25, 0.3) is 0 Å². The van der Waals surface area contributed by atoms with Crippen molar-refractivity contribution in [3.05, 3.63) is 70.3 Å². The van der Waals surface area contributed by atoms with Crippen molar-refractivity contribution in [2.24, 2.45) is 0 Å². The lowest BCUT2D eigenvalue weighted by Gasteiger charge is -2.18. The Kier molecular flexibility index (Phi) is 6.77. The largest absolute Gasteiger partial charge is 0.496 e. The summed E-state index contributed by atoms with van der Waals surface area (Å²) in [5.74, 6) is -0.614. The van der Waals surface area contributed by atoms with Crippen LogP contribution in [-0.4, -0.2) is 31.1 Å². The van der Waals surface area contributed by atoms with Crippen molar-refractivity contribution < 1.29 is 24.2 Å². The summed E-state index contributed by atoms with van der Waals surface area (Å²) in [4.78, 5) is 24.8. The molecule has 0 heterocycles. The van der Waals surface area contributed by atoms with Gasteiger partial charge >= 0.3 is 5.97 Å². The topological polar surface area (TPSA) is 72.8 Å². The smallest absolute Gasteiger partial charge is 0.339 e. The van der Waals surface area contributed by atoms with E-state index in [1.165, 1.54) is 14.2 Å². The minimum absolute atomic E-state index is 0.000243. The van der Waals surface area contributed by atoms with Gasteiger partial charge in [-0.15, -0.1) is 0 Å². The Morgan fingerprint density at radius 3 is 2.15 bits per heavy atom. The third-order valence-corrected chi connectivity index (χ3v) is 4.27. The second-order valence-electron chi connectivity index (χ2n) is 6.37. The summed E-state index contributed by atoms with van der Waals surface area (Å²) in [7, 11) is 2.92. The van der Waals surface area contributed by atoms with Crippen LogP contribution in [0.15, 0.2) is 48.0 Å². The molecule has 5 nitrogen and oxygen atoms in total. The van der Waals surface area contributed by atoms with Crippen molar-refractivity contribution in [3.63, 3.8) is 0 Å². The number of benzene rings is 2. The molecule has 0 bridgehead atoms. The monoisotopic (exact) mass is 368 g/mol. The van der Waals surface area contributed by atoms with Crippen molar-refractivity contribution in [1.82, 2.24) is 0 Å². The molecule has 2 rings (SSSR count). The zero-order valence-corrected chi connectivity index (χ0v) is 16.0. The standard InChI is InChI=1S/C22H24O5/c1-14(2)10-11-16-17(12-18(23)15-8-6-5-7-9-15)21(22(24)25)20(27-4)13-19(16)26-3/h5-10,13H,11-12H2,1-4H3,(H,24,25). The first-order chi connectivity index (χ1) is 12.9. The highest BCUT2D eigenvalue weighted by Gasteiger charge is 2.25. The fraction of sp³-hybridized carbons (Fsp3) is 0.273. The van der Waals surface area contributed by atoms with Crippen LogP contribution in [-0.2, 0) is 12.8 Å². The van der Waals surface area contributed by atoms with Crippen LogP contribution >= 0.6 is 0 Å². The number of aromatic carboxylic acids is 1. The van der Waals surface area contributed by atoms with Crippen LogP contribution in [0.25, 0.3) is 0 Å². The summed E-state index contributed by atoms with van der Waals surface area (Å²) in [6.45, 7) is 3.92. The van der Waals surface area contributed by atoms with E-state index in [0.717, 1.165) is 5.57 Å². The molecule has 2 aromatic carbocycles. The predicted molar refractivity (Wildman–Crippen MR) is 104 cm³/mol. The number of carbonyl (C=O) groups is 2. The molecule has 5 heteroatoms. The molecule has 27 heavy (non-hydrogen) atoms. The Bertz CT molecular complexity index is 862. The number of ketones is 1. The SMILES string of the molecule is COc1cc(OC)c(C(=O)O)c(CC(=O)c2ccccc2)c1CC=C(C)C. The van der Waals surface area contributed by atoms with Crippen molar-refractivity contribution in [1.29, 1.82) is 0 Å². The van der Waals surface area contributed by atoms with Gasteiger partial charge in [-0.2, -0.15) is 0 Å². The van der Waals surface area contributed by atoms with Gasteiger partial charge in [-0.25, -0.2) is 4.79 Å². The number of rotatable bonds is 8. The van der Waals surface area contributed by atoms with Crippen molar-refractivity contribution in [2.75, 3.05) is 14.2 Å². The number of allylic oxidation sites excluding steroid dienone is 2. The Morgan fingerprint density at radius 2 is 1.63 bits per heavy atom.